The maximum Gasteiger partial charge on any atom is 0.159 e. The first kappa shape index (κ1) is 16.0. The Morgan fingerprint density at radius 2 is 1.67 bits per heavy atom. The highest BCUT2D eigenvalue weighted by molar-refractivity contribution is 5.95. The monoisotopic (exact) mass is 246 g/mol. The van der Waals surface area contributed by atoms with Crippen LogP contribution in [0.15, 0.2) is 72.7 Å². The Hall–Kier alpha value is -1.96. The van der Waals surface area contributed by atoms with Gasteiger partial charge >= 0.3 is 0 Å². The molecule has 1 nitrogen and oxygen atoms in total. The largest absolute Gasteiger partial charge is 0.295 e. The predicted octanol–water partition coefficient (Wildman–Crippen LogP) is 4.62. The van der Waals surface area contributed by atoms with Gasteiger partial charge in [0.05, 0.1) is 0 Å². The first-order valence-electron chi connectivity index (χ1n) is 5.61. The Bertz CT molecular complexity index is 461. The SMILES string of the molecule is C=C(/C=C\C(=C)C(=C)/C(F)=C\C(=C)C(C)=O)CC. The zero-order valence-corrected chi connectivity index (χ0v) is 11.1. The van der Waals surface area contributed by atoms with Crippen LogP contribution in [0, 0.1) is 0 Å². The second kappa shape index (κ2) is 7.38. The van der Waals surface area contributed by atoms with Crippen LogP contribution in [0.1, 0.15) is 20.3 Å². The minimum absolute atomic E-state index is 0.100. The normalized spacial score (nSPS) is 11.4. The summed E-state index contributed by atoms with van der Waals surface area (Å²) in [5, 5.41) is 0. The van der Waals surface area contributed by atoms with Crippen LogP contribution in [0.3, 0.4) is 0 Å². The second-order valence-corrected chi connectivity index (χ2v) is 3.92. The molecular weight excluding hydrogens is 227 g/mol. The third-order valence-corrected chi connectivity index (χ3v) is 2.40. The third-order valence-electron chi connectivity index (χ3n) is 2.40. The van der Waals surface area contributed by atoms with Gasteiger partial charge in [-0.15, -0.1) is 0 Å². The zero-order chi connectivity index (χ0) is 14.3. The van der Waals surface area contributed by atoms with Crippen molar-refractivity contribution < 1.29 is 9.18 Å². The topological polar surface area (TPSA) is 17.1 Å². The van der Waals surface area contributed by atoms with Crippen LogP contribution in [0.4, 0.5) is 4.39 Å². The van der Waals surface area contributed by atoms with E-state index < -0.39 is 5.83 Å². The van der Waals surface area contributed by atoms with E-state index in [1.807, 2.05) is 6.92 Å². The van der Waals surface area contributed by atoms with Gasteiger partial charge in [-0.25, -0.2) is 4.39 Å². The first-order chi connectivity index (χ1) is 8.29. The number of carbonyl (C=O) groups excluding carboxylic acids is 1. The van der Waals surface area contributed by atoms with Gasteiger partial charge in [-0.3, -0.25) is 4.79 Å². The predicted molar refractivity (Wildman–Crippen MR) is 75.9 cm³/mol. The lowest BCUT2D eigenvalue weighted by molar-refractivity contribution is -0.113. The second-order valence-electron chi connectivity index (χ2n) is 3.92. The van der Waals surface area contributed by atoms with E-state index in [0.717, 1.165) is 18.1 Å². The molecule has 0 heterocycles. The molecule has 0 aromatic heterocycles. The molecule has 0 unspecified atom stereocenters. The van der Waals surface area contributed by atoms with Gasteiger partial charge in [0.25, 0.3) is 0 Å². The van der Waals surface area contributed by atoms with Gasteiger partial charge in [-0.1, -0.05) is 51.0 Å². The molecule has 0 aromatic rings. The van der Waals surface area contributed by atoms with Crippen LogP contribution in [-0.2, 0) is 4.79 Å². The highest BCUT2D eigenvalue weighted by Gasteiger charge is 2.06. The van der Waals surface area contributed by atoms with Gasteiger partial charge in [0, 0.05) is 11.1 Å². The fourth-order valence-corrected chi connectivity index (χ4v) is 0.932. The lowest BCUT2D eigenvalue weighted by atomic mass is 10.0. The minimum atomic E-state index is -0.605. The molecule has 0 amide bonds. The molecule has 0 aliphatic rings. The number of ketones is 1. The summed E-state index contributed by atoms with van der Waals surface area (Å²) in [6.45, 7) is 17.9. The molecule has 0 saturated heterocycles. The summed E-state index contributed by atoms with van der Waals surface area (Å²) in [6.07, 6.45) is 5.30. The molecule has 2 heteroatoms. The summed E-state index contributed by atoms with van der Waals surface area (Å²) < 4.78 is 13.7. The summed E-state index contributed by atoms with van der Waals surface area (Å²) in [6, 6.07) is 0. The van der Waals surface area contributed by atoms with Crippen LogP contribution in [0.5, 0.6) is 0 Å². The van der Waals surface area contributed by atoms with Crippen LogP contribution < -0.4 is 0 Å². The van der Waals surface area contributed by atoms with Crippen molar-refractivity contribution >= 4 is 5.78 Å². The van der Waals surface area contributed by atoms with Crippen LogP contribution in [0.2, 0.25) is 0 Å². The standard InChI is InChI=1S/C16H19FO/c1-7-11(2)8-9-12(3)14(5)16(17)10-13(4)15(6)18/h8-10H,2-5,7H2,1,6H3/b9-8-,16-10+. The van der Waals surface area contributed by atoms with Crippen molar-refractivity contribution in [1.29, 1.82) is 0 Å². The van der Waals surface area contributed by atoms with Crippen LogP contribution >= 0.6 is 0 Å². The number of rotatable bonds is 7. The summed E-state index contributed by atoms with van der Waals surface area (Å²) in [7, 11) is 0. The summed E-state index contributed by atoms with van der Waals surface area (Å²) in [5.74, 6) is -0.884. The number of allylic oxidation sites excluding steroid dienone is 8. The van der Waals surface area contributed by atoms with Crippen molar-refractivity contribution in [2.24, 2.45) is 0 Å². The van der Waals surface area contributed by atoms with E-state index in [1.54, 1.807) is 12.2 Å². The van der Waals surface area contributed by atoms with Crippen molar-refractivity contribution in [3.63, 3.8) is 0 Å². The zero-order valence-electron chi connectivity index (χ0n) is 11.1. The lowest BCUT2D eigenvalue weighted by Gasteiger charge is -2.03. The summed E-state index contributed by atoms with van der Waals surface area (Å²) in [4.78, 5) is 10.9. The Morgan fingerprint density at radius 3 is 2.11 bits per heavy atom. The molecule has 0 bridgehead atoms. The number of halogens is 1. The fraction of sp³-hybridized carbons (Fsp3) is 0.188. The van der Waals surface area contributed by atoms with Gasteiger partial charge < -0.3 is 0 Å². The molecule has 0 saturated carbocycles. The van der Waals surface area contributed by atoms with E-state index in [9.17, 15) is 9.18 Å². The number of hydrogen-bond acceptors (Lipinski definition) is 1. The smallest absolute Gasteiger partial charge is 0.159 e. The molecule has 0 N–H and O–H groups in total. The van der Waals surface area contributed by atoms with Gasteiger partial charge in [0.1, 0.15) is 5.83 Å². The van der Waals surface area contributed by atoms with E-state index in [1.165, 1.54) is 6.92 Å². The number of hydrogen-bond donors (Lipinski definition) is 0. The van der Waals surface area contributed by atoms with Crippen LogP contribution in [-0.4, -0.2) is 5.78 Å². The van der Waals surface area contributed by atoms with Crippen molar-refractivity contribution in [2.45, 2.75) is 20.3 Å². The summed E-state index contributed by atoms with van der Waals surface area (Å²) >= 11 is 0. The highest BCUT2D eigenvalue weighted by Crippen LogP contribution is 2.20. The average molecular weight is 246 g/mol. The van der Waals surface area contributed by atoms with Gasteiger partial charge in [-0.2, -0.15) is 0 Å². The molecule has 0 rings (SSSR count). The molecule has 96 valence electrons. The van der Waals surface area contributed by atoms with Crippen molar-refractivity contribution in [2.75, 3.05) is 0 Å². The maximum absolute atomic E-state index is 13.7. The molecule has 0 aromatic carbocycles. The Labute approximate surface area is 108 Å². The maximum atomic E-state index is 13.7. The van der Waals surface area contributed by atoms with Gasteiger partial charge in [0.2, 0.25) is 0 Å². The molecule has 0 fully saturated rings. The average Bonchev–Trinajstić information content (AvgIpc) is 2.33. The van der Waals surface area contributed by atoms with Crippen molar-refractivity contribution in [1.82, 2.24) is 0 Å². The van der Waals surface area contributed by atoms with Crippen molar-refractivity contribution in [3.05, 3.63) is 72.7 Å². The third kappa shape index (κ3) is 5.39. The molecule has 0 radical (unpaired) electrons. The summed E-state index contributed by atoms with van der Waals surface area (Å²) in [5.41, 5.74) is 1.59. The molecule has 0 aliphatic carbocycles. The van der Waals surface area contributed by atoms with E-state index in [0.29, 0.717) is 5.57 Å². The van der Waals surface area contributed by atoms with E-state index >= 15 is 0 Å². The van der Waals surface area contributed by atoms with E-state index in [4.69, 9.17) is 0 Å². The van der Waals surface area contributed by atoms with E-state index in [-0.39, 0.29) is 16.9 Å². The van der Waals surface area contributed by atoms with Crippen molar-refractivity contribution in [3.8, 4) is 0 Å². The van der Waals surface area contributed by atoms with Crippen LogP contribution in [0.25, 0.3) is 0 Å². The number of carbonyl (C=O) groups is 1. The Morgan fingerprint density at radius 1 is 1.11 bits per heavy atom. The molecule has 0 spiro atoms. The Balaban J connectivity index is 4.81. The Kier molecular flexibility index (Phi) is 6.58. The minimum Gasteiger partial charge on any atom is -0.295 e. The van der Waals surface area contributed by atoms with Gasteiger partial charge in [0.15, 0.2) is 5.78 Å². The highest BCUT2D eigenvalue weighted by atomic mass is 19.1. The van der Waals surface area contributed by atoms with Gasteiger partial charge in [-0.05, 0) is 25.0 Å². The first-order valence-corrected chi connectivity index (χ1v) is 5.61. The molecular formula is C16H19FO. The quantitative estimate of drug-likeness (QED) is 0.473. The molecule has 0 aliphatic heterocycles. The van der Waals surface area contributed by atoms with E-state index in [2.05, 4.69) is 26.3 Å². The fourth-order valence-electron chi connectivity index (χ4n) is 0.932. The molecule has 0 atom stereocenters. The lowest BCUT2D eigenvalue weighted by Crippen LogP contribution is -1.93. The number of Topliss-reactive ketones (excluding diaryl/α,β-unsaturated/α-hetero) is 1. The molecule has 18 heavy (non-hydrogen) atoms.